The SMILES string of the molecule is CCc1cc(C(=O)Nc2ccc(Br)cc2F)cc(N)n1. The van der Waals surface area contributed by atoms with E-state index in [9.17, 15) is 9.18 Å². The number of nitrogens with two attached hydrogens (primary N) is 1. The van der Waals surface area contributed by atoms with Crippen LogP contribution in [0.4, 0.5) is 15.9 Å². The van der Waals surface area contributed by atoms with Gasteiger partial charge in [0.2, 0.25) is 0 Å². The van der Waals surface area contributed by atoms with Gasteiger partial charge in [0.1, 0.15) is 11.6 Å². The Hall–Kier alpha value is -1.95. The van der Waals surface area contributed by atoms with E-state index in [2.05, 4.69) is 26.2 Å². The average Bonchev–Trinajstić information content (AvgIpc) is 2.41. The van der Waals surface area contributed by atoms with Gasteiger partial charge < -0.3 is 11.1 Å². The zero-order valence-electron chi connectivity index (χ0n) is 10.8. The molecule has 2 rings (SSSR count). The molecule has 0 aliphatic heterocycles. The molecule has 2 aromatic rings. The van der Waals surface area contributed by atoms with E-state index in [1.165, 1.54) is 18.2 Å². The van der Waals surface area contributed by atoms with Crippen molar-refractivity contribution < 1.29 is 9.18 Å². The summed E-state index contributed by atoms with van der Waals surface area (Å²) in [6.45, 7) is 1.91. The van der Waals surface area contributed by atoms with Gasteiger partial charge in [0.05, 0.1) is 5.69 Å². The molecule has 3 N–H and O–H groups in total. The van der Waals surface area contributed by atoms with Crippen LogP contribution in [0.5, 0.6) is 0 Å². The van der Waals surface area contributed by atoms with Crippen LogP contribution in [-0.2, 0) is 6.42 Å². The summed E-state index contributed by atoms with van der Waals surface area (Å²) in [5.41, 5.74) is 6.83. The summed E-state index contributed by atoms with van der Waals surface area (Å²) in [6.07, 6.45) is 0.665. The van der Waals surface area contributed by atoms with E-state index in [-0.39, 0.29) is 11.5 Å². The van der Waals surface area contributed by atoms with Crippen LogP contribution in [0.15, 0.2) is 34.8 Å². The van der Waals surface area contributed by atoms with Crippen molar-refractivity contribution in [1.29, 1.82) is 0 Å². The van der Waals surface area contributed by atoms with E-state index in [1.54, 1.807) is 12.1 Å². The Balaban J connectivity index is 2.26. The van der Waals surface area contributed by atoms with Crippen LogP contribution in [0.3, 0.4) is 0 Å². The van der Waals surface area contributed by atoms with Crippen LogP contribution in [0.1, 0.15) is 23.0 Å². The molecule has 0 atom stereocenters. The normalized spacial score (nSPS) is 10.3. The van der Waals surface area contributed by atoms with Crippen molar-refractivity contribution in [3.63, 3.8) is 0 Å². The first-order valence-corrected chi connectivity index (χ1v) is 6.81. The van der Waals surface area contributed by atoms with Crippen molar-refractivity contribution in [2.24, 2.45) is 0 Å². The Morgan fingerprint density at radius 1 is 1.40 bits per heavy atom. The molecular formula is C14H13BrFN3O. The molecule has 0 unspecified atom stereocenters. The fraction of sp³-hybridized carbons (Fsp3) is 0.143. The third kappa shape index (κ3) is 3.33. The zero-order chi connectivity index (χ0) is 14.7. The molecular weight excluding hydrogens is 325 g/mol. The fourth-order valence-corrected chi connectivity index (χ4v) is 2.04. The highest BCUT2D eigenvalue weighted by Gasteiger charge is 2.11. The first-order chi connectivity index (χ1) is 9.49. The third-order valence-corrected chi connectivity index (χ3v) is 3.20. The summed E-state index contributed by atoms with van der Waals surface area (Å²) < 4.78 is 14.3. The molecule has 104 valence electrons. The number of hydrogen-bond acceptors (Lipinski definition) is 3. The molecule has 0 bridgehead atoms. The minimum absolute atomic E-state index is 0.117. The molecule has 0 saturated heterocycles. The number of pyridine rings is 1. The summed E-state index contributed by atoms with van der Waals surface area (Å²) in [5, 5.41) is 2.51. The van der Waals surface area contributed by atoms with Gasteiger partial charge in [-0.15, -0.1) is 0 Å². The number of anilines is 2. The number of benzene rings is 1. The molecule has 20 heavy (non-hydrogen) atoms. The first-order valence-electron chi connectivity index (χ1n) is 6.02. The van der Waals surface area contributed by atoms with Crippen molar-refractivity contribution in [3.05, 3.63) is 51.9 Å². The molecule has 0 aliphatic rings. The number of nitrogens with zero attached hydrogens (tertiary/aromatic N) is 1. The largest absolute Gasteiger partial charge is 0.384 e. The average molecular weight is 338 g/mol. The number of halogens is 2. The van der Waals surface area contributed by atoms with Gasteiger partial charge >= 0.3 is 0 Å². The molecule has 0 radical (unpaired) electrons. The first kappa shape index (κ1) is 14.5. The smallest absolute Gasteiger partial charge is 0.255 e. The van der Waals surface area contributed by atoms with Crippen molar-refractivity contribution in [2.75, 3.05) is 11.1 Å². The minimum atomic E-state index is -0.509. The monoisotopic (exact) mass is 337 g/mol. The summed E-state index contributed by atoms with van der Waals surface area (Å²) in [5.74, 6) is -0.661. The van der Waals surface area contributed by atoms with Crippen LogP contribution in [0, 0.1) is 5.82 Å². The molecule has 4 nitrogen and oxygen atoms in total. The van der Waals surface area contributed by atoms with E-state index >= 15 is 0 Å². The number of rotatable bonds is 3. The minimum Gasteiger partial charge on any atom is -0.384 e. The Bertz CT molecular complexity index is 661. The van der Waals surface area contributed by atoms with Gasteiger partial charge in [-0.2, -0.15) is 0 Å². The Morgan fingerprint density at radius 3 is 2.80 bits per heavy atom. The number of aromatic nitrogens is 1. The van der Waals surface area contributed by atoms with Crippen LogP contribution in [0.25, 0.3) is 0 Å². The van der Waals surface area contributed by atoms with Gasteiger partial charge in [-0.1, -0.05) is 22.9 Å². The quantitative estimate of drug-likeness (QED) is 0.902. The lowest BCUT2D eigenvalue weighted by Gasteiger charge is -2.08. The maximum atomic E-state index is 13.7. The third-order valence-electron chi connectivity index (χ3n) is 2.70. The number of nitrogen functional groups attached to an aromatic ring is 1. The highest BCUT2D eigenvalue weighted by Crippen LogP contribution is 2.20. The van der Waals surface area contributed by atoms with Crippen molar-refractivity contribution in [2.45, 2.75) is 13.3 Å². The van der Waals surface area contributed by atoms with E-state index in [0.29, 0.717) is 22.2 Å². The standard InChI is InChI=1S/C14H13BrFN3O/c1-2-10-5-8(6-13(17)18-10)14(20)19-12-4-3-9(15)7-11(12)16/h3-7H,2H2,1H3,(H2,17,18)(H,19,20). The summed E-state index contributed by atoms with van der Waals surface area (Å²) in [4.78, 5) is 16.2. The zero-order valence-corrected chi connectivity index (χ0v) is 12.4. The maximum Gasteiger partial charge on any atom is 0.255 e. The summed E-state index contributed by atoms with van der Waals surface area (Å²) in [7, 11) is 0. The van der Waals surface area contributed by atoms with Crippen LogP contribution < -0.4 is 11.1 Å². The van der Waals surface area contributed by atoms with Gasteiger partial charge in [-0.3, -0.25) is 4.79 Å². The predicted octanol–water partition coefficient (Wildman–Crippen LogP) is 3.38. The Kier molecular flexibility index (Phi) is 4.34. The van der Waals surface area contributed by atoms with E-state index in [1.807, 2.05) is 6.92 Å². The fourth-order valence-electron chi connectivity index (χ4n) is 1.71. The summed E-state index contributed by atoms with van der Waals surface area (Å²) in [6, 6.07) is 7.53. The molecule has 6 heteroatoms. The van der Waals surface area contributed by atoms with Crippen LogP contribution in [-0.4, -0.2) is 10.9 Å². The number of hydrogen-bond donors (Lipinski definition) is 2. The molecule has 0 aliphatic carbocycles. The van der Waals surface area contributed by atoms with Gasteiger partial charge in [-0.05, 0) is 36.8 Å². The lowest BCUT2D eigenvalue weighted by molar-refractivity contribution is 0.102. The van der Waals surface area contributed by atoms with Crippen LogP contribution in [0.2, 0.25) is 0 Å². The number of amides is 1. The second-order valence-electron chi connectivity index (χ2n) is 4.20. The topological polar surface area (TPSA) is 68.0 Å². The number of nitrogens with one attached hydrogen (secondary N) is 1. The van der Waals surface area contributed by atoms with E-state index in [0.717, 1.165) is 0 Å². The molecule has 0 saturated carbocycles. The Labute approximate surface area is 124 Å². The van der Waals surface area contributed by atoms with Gasteiger partial charge in [0.15, 0.2) is 0 Å². The molecule has 0 spiro atoms. The second-order valence-corrected chi connectivity index (χ2v) is 5.12. The van der Waals surface area contributed by atoms with Gasteiger partial charge in [0.25, 0.3) is 5.91 Å². The Morgan fingerprint density at radius 2 is 2.15 bits per heavy atom. The summed E-state index contributed by atoms with van der Waals surface area (Å²) >= 11 is 3.16. The van der Waals surface area contributed by atoms with E-state index < -0.39 is 11.7 Å². The van der Waals surface area contributed by atoms with Crippen molar-refractivity contribution in [3.8, 4) is 0 Å². The number of aryl methyl sites for hydroxylation is 1. The lowest BCUT2D eigenvalue weighted by atomic mass is 10.1. The molecule has 1 aromatic carbocycles. The molecule has 1 amide bonds. The molecule has 0 fully saturated rings. The highest BCUT2D eigenvalue weighted by molar-refractivity contribution is 9.10. The molecule has 1 aromatic heterocycles. The second kappa shape index (κ2) is 6.00. The van der Waals surface area contributed by atoms with E-state index in [4.69, 9.17) is 5.73 Å². The lowest BCUT2D eigenvalue weighted by Crippen LogP contribution is -2.14. The number of carbonyl (C=O) groups is 1. The highest BCUT2D eigenvalue weighted by atomic mass is 79.9. The van der Waals surface area contributed by atoms with Gasteiger partial charge in [-0.25, -0.2) is 9.37 Å². The predicted molar refractivity (Wildman–Crippen MR) is 80.1 cm³/mol. The molecule has 1 heterocycles. The van der Waals surface area contributed by atoms with Crippen molar-refractivity contribution in [1.82, 2.24) is 4.98 Å². The van der Waals surface area contributed by atoms with Gasteiger partial charge in [0, 0.05) is 15.7 Å². The van der Waals surface area contributed by atoms with Crippen LogP contribution >= 0.6 is 15.9 Å². The maximum absolute atomic E-state index is 13.7. The van der Waals surface area contributed by atoms with Crippen molar-refractivity contribution >= 4 is 33.3 Å². The number of carbonyl (C=O) groups excluding carboxylic acids is 1.